The summed E-state index contributed by atoms with van der Waals surface area (Å²) in [5, 5.41) is 4.74. The number of pyridine rings is 1. The maximum absolute atomic E-state index is 4.67. The Morgan fingerprint density at radius 3 is 3.00 bits per heavy atom. The number of nitrogens with one attached hydrogen (secondary N) is 1. The molecule has 1 aliphatic carbocycles. The van der Waals surface area contributed by atoms with E-state index in [2.05, 4.69) is 48.0 Å². The molecule has 1 atom stereocenters. The number of nitrogens with zero attached hydrogens (tertiary/aromatic N) is 2. The van der Waals surface area contributed by atoms with E-state index >= 15 is 0 Å². The van der Waals surface area contributed by atoms with E-state index in [-0.39, 0.29) is 0 Å². The molecule has 2 heterocycles. The van der Waals surface area contributed by atoms with Gasteiger partial charge in [0.05, 0.1) is 0 Å². The van der Waals surface area contributed by atoms with Gasteiger partial charge in [-0.3, -0.25) is 0 Å². The predicted molar refractivity (Wildman–Crippen MR) is 70.3 cm³/mol. The van der Waals surface area contributed by atoms with Gasteiger partial charge in [0.2, 0.25) is 0 Å². The van der Waals surface area contributed by atoms with Gasteiger partial charge >= 0.3 is 0 Å². The summed E-state index contributed by atoms with van der Waals surface area (Å²) in [6.45, 7) is 2.06. The fourth-order valence-corrected chi connectivity index (χ4v) is 2.97. The van der Waals surface area contributed by atoms with E-state index < -0.39 is 0 Å². The summed E-state index contributed by atoms with van der Waals surface area (Å²) < 4.78 is 2.28. The number of rotatable bonds is 1. The number of aromatic nitrogens is 2. The number of hydrogen-bond donors (Lipinski definition) is 1. The average molecular weight is 229 g/mol. The Hall–Kier alpha value is -1.35. The van der Waals surface area contributed by atoms with E-state index in [0.29, 0.717) is 6.04 Å². The minimum Gasteiger partial charge on any atom is -0.332 e. The number of hydrogen-bond acceptors (Lipinski definition) is 2. The van der Waals surface area contributed by atoms with Gasteiger partial charge in [-0.1, -0.05) is 0 Å². The van der Waals surface area contributed by atoms with Crippen molar-refractivity contribution >= 4 is 11.0 Å². The highest BCUT2D eigenvalue weighted by Gasteiger charge is 2.23. The monoisotopic (exact) mass is 229 g/mol. The van der Waals surface area contributed by atoms with Crippen LogP contribution in [0.15, 0.2) is 12.1 Å². The van der Waals surface area contributed by atoms with Crippen LogP contribution < -0.4 is 5.32 Å². The highest BCUT2D eigenvalue weighted by atomic mass is 15.0. The lowest BCUT2D eigenvalue weighted by Gasteiger charge is -2.22. The lowest BCUT2D eigenvalue weighted by Crippen LogP contribution is -2.31. The third-order valence-electron chi connectivity index (χ3n) is 4.00. The molecule has 0 spiro atoms. The van der Waals surface area contributed by atoms with Crippen molar-refractivity contribution in [3.05, 3.63) is 29.1 Å². The van der Waals surface area contributed by atoms with Crippen LogP contribution in [0.1, 0.15) is 23.4 Å². The molecule has 0 saturated carbocycles. The molecule has 90 valence electrons. The highest BCUT2D eigenvalue weighted by molar-refractivity contribution is 5.82. The Kier molecular flexibility index (Phi) is 2.44. The van der Waals surface area contributed by atoms with Crippen LogP contribution in [0.2, 0.25) is 0 Å². The third kappa shape index (κ3) is 1.57. The van der Waals surface area contributed by atoms with Gasteiger partial charge in [0.25, 0.3) is 0 Å². The highest BCUT2D eigenvalue weighted by Crippen LogP contribution is 2.30. The first-order chi connectivity index (χ1) is 8.20. The topological polar surface area (TPSA) is 29.9 Å². The SMILES string of the molecule is CNC1CCc2c(c3ccc(C)nc3n2C)C1. The van der Waals surface area contributed by atoms with Crippen molar-refractivity contribution in [3.8, 4) is 0 Å². The van der Waals surface area contributed by atoms with Crippen molar-refractivity contribution in [1.29, 1.82) is 0 Å². The quantitative estimate of drug-likeness (QED) is 0.810. The second kappa shape index (κ2) is 3.84. The average Bonchev–Trinajstić information content (AvgIpc) is 2.62. The van der Waals surface area contributed by atoms with Crippen LogP contribution in [0.25, 0.3) is 11.0 Å². The van der Waals surface area contributed by atoms with Crippen LogP contribution in [0.3, 0.4) is 0 Å². The van der Waals surface area contributed by atoms with Gasteiger partial charge in [0.15, 0.2) is 0 Å². The summed E-state index contributed by atoms with van der Waals surface area (Å²) in [5.74, 6) is 0. The van der Waals surface area contributed by atoms with Crippen molar-refractivity contribution in [1.82, 2.24) is 14.9 Å². The third-order valence-corrected chi connectivity index (χ3v) is 4.00. The van der Waals surface area contributed by atoms with E-state index in [1.165, 1.54) is 23.1 Å². The standard InChI is InChI=1S/C14H19N3/c1-9-4-6-11-12-8-10(15-2)5-7-13(12)17(3)14(11)16-9/h4,6,10,15H,5,7-8H2,1-3H3. The number of aryl methyl sites for hydroxylation is 2. The lowest BCUT2D eigenvalue weighted by atomic mass is 9.92. The largest absolute Gasteiger partial charge is 0.332 e. The fraction of sp³-hybridized carbons (Fsp3) is 0.500. The molecule has 17 heavy (non-hydrogen) atoms. The zero-order chi connectivity index (χ0) is 12.0. The number of fused-ring (bicyclic) bond motifs is 3. The van der Waals surface area contributed by atoms with Crippen LogP contribution in [0.4, 0.5) is 0 Å². The number of likely N-dealkylation sites (N-methyl/N-ethyl adjacent to an activating group) is 1. The molecular weight excluding hydrogens is 210 g/mol. The molecule has 3 rings (SSSR count). The molecule has 0 bridgehead atoms. The minimum atomic E-state index is 0.620. The zero-order valence-corrected chi connectivity index (χ0v) is 10.7. The van der Waals surface area contributed by atoms with Crippen molar-refractivity contribution in [2.45, 2.75) is 32.2 Å². The van der Waals surface area contributed by atoms with E-state index in [0.717, 1.165) is 24.2 Å². The molecule has 0 aliphatic heterocycles. The van der Waals surface area contributed by atoms with E-state index in [4.69, 9.17) is 0 Å². The Labute approximate surface area is 102 Å². The summed E-state index contributed by atoms with van der Waals surface area (Å²) in [6.07, 6.45) is 3.52. The molecule has 3 heteroatoms. The van der Waals surface area contributed by atoms with Crippen LogP contribution in [-0.2, 0) is 19.9 Å². The van der Waals surface area contributed by atoms with Gasteiger partial charge in [-0.25, -0.2) is 4.98 Å². The Balaban J connectivity index is 2.22. The molecule has 1 unspecified atom stereocenters. The Morgan fingerprint density at radius 2 is 2.24 bits per heavy atom. The molecule has 0 amide bonds. The molecular formula is C14H19N3. The molecule has 0 fully saturated rings. The predicted octanol–water partition coefficient (Wildman–Crippen LogP) is 1.96. The lowest BCUT2D eigenvalue weighted by molar-refractivity contribution is 0.488. The van der Waals surface area contributed by atoms with Gasteiger partial charge in [0.1, 0.15) is 5.65 Å². The van der Waals surface area contributed by atoms with E-state index in [1.807, 2.05) is 0 Å². The maximum Gasteiger partial charge on any atom is 0.140 e. The van der Waals surface area contributed by atoms with Gasteiger partial charge in [0, 0.05) is 29.9 Å². The van der Waals surface area contributed by atoms with Crippen LogP contribution in [-0.4, -0.2) is 22.6 Å². The molecule has 2 aromatic rings. The van der Waals surface area contributed by atoms with Crippen LogP contribution >= 0.6 is 0 Å². The first-order valence-corrected chi connectivity index (χ1v) is 6.31. The normalized spacial score (nSPS) is 19.6. The van der Waals surface area contributed by atoms with E-state index in [1.54, 1.807) is 0 Å². The molecule has 3 nitrogen and oxygen atoms in total. The molecule has 2 aromatic heterocycles. The Bertz CT molecular complexity index is 568. The molecule has 0 saturated heterocycles. The van der Waals surface area contributed by atoms with Gasteiger partial charge < -0.3 is 9.88 Å². The first-order valence-electron chi connectivity index (χ1n) is 6.31. The van der Waals surface area contributed by atoms with Crippen LogP contribution in [0.5, 0.6) is 0 Å². The first kappa shape index (κ1) is 10.8. The summed E-state index contributed by atoms with van der Waals surface area (Å²) in [5.41, 5.74) is 5.22. The van der Waals surface area contributed by atoms with Gasteiger partial charge in [-0.05, 0) is 50.9 Å². The van der Waals surface area contributed by atoms with Crippen molar-refractivity contribution < 1.29 is 0 Å². The molecule has 1 aliphatic rings. The summed E-state index contributed by atoms with van der Waals surface area (Å²) in [6, 6.07) is 4.97. The molecule has 0 radical (unpaired) electrons. The minimum absolute atomic E-state index is 0.620. The summed E-state index contributed by atoms with van der Waals surface area (Å²) in [7, 11) is 4.20. The molecule has 0 aromatic carbocycles. The summed E-state index contributed by atoms with van der Waals surface area (Å²) >= 11 is 0. The van der Waals surface area contributed by atoms with Crippen LogP contribution in [0, 0.1) is 6.92 Å². The van der Waals surface area contributed by atoms with Gasteiger partial charge in [-0.15, -0.1) is 0 Å². The van der Waals surface area contributed by atoms with Crippen molar-refractivity contribution in [3.63, 3.8) is 0 Å². The zero-order valence-electron chi connectivity index (χ0n) is 10.7. The van der Waals surface area contributed by atoms with E-state index in [9.17, 15) is 0 Å². The summed E-state index contributed by atoms with van der Waals surface area (Å²) in [4.78, 5) is 4.67. The van der Waals surface area contributed by atoms with Gasteiger partial charge in [-0.2, -0.15) is 0 Å². The molecule has 1 N–H and O–H groups in total. The second-order valence-corrected chi connectivity index (χ2v) is 5.04. The fourth-order valence-electron chi connectivity index (χ4n) is 2.97. The Morgan fingerprint density at radius 1 is 1.41 bits per heavy atom. The van der Waals surface area contributed by atoms with Crippen molar-refractivity contribution in [2.75, 3.05) is 7.05 Å². The second-order valence-electron chi connectivity index (χ2n) is 5.04. The smallest absolute Gasteiger partial charge is 0.140 e. The maximum atomic E-state index is 4.67. The van der Waals surface area contributed by atoms with Crippen molar-refractivity contribution in [2.24, 2.45) is 7.05 Å².